The first-order chi connectivity index (χ1) is 20.1. The molecule has 0 radical (unpaired) electrons. The highest BCUT2D eigenvalue weighted by molar-refractivity contribution is 8.00. The molecule has 4 aliphatic carbocycles. The second kappa shape index (κ2) is 10.6. The zero-order valence-corrected chi connectivity index (χ0v) is 25.7. The van der Waals surface area contributed by atoms with Gasteiger partial charge in [-0.2, -0.15) is 13.2 Å². The van der Waals surface area contributed by atoms with Crippen LogP contribution in [0.2, 0.25) is 0 Å². The third-order valence-corrected chi connectivity index (χ3v) is 10.6. The summed E-state index contributed by atoms with van der Waals surface area (Å²) in [6.45, 7) is -0.0319. The molecule has 43 heavy (non-hydrogen) atoms. The van der Waals surface area contributed by atoms with E-state index >= 15 is 0 Å². The molecule has 0 aromatic heterocycles. The predicted octanol–water partition coefficient (Wildman–Crippen LogP) is 8.51. The number of carbonyl (C=O) groups excluding carboxylic acids is 1. The SMILES string of the molecule is O=C(NC(C(=O)O)C12CC3(Cl)CC(Cl)(CC(Cl)(C3)C1)C2)c1ccc2ccccc2c1OCc1ccc(SC(F)(F)F)cc1. The molecule has 1 amide bonds. The van der Waals surface area contributed by atoms with Crippen LogP contribution in [0.1, 0.15) is 54.4 Å². The summed E-state index contributed by atoms with van der Waals surface area (Å²) in [4.78, 5) is 24.5. The van der Waals surface area contributed by atoms with Crippen LogP contribution in [0.25, 0.3) is 10.8 Å². The maximum atomic E-state index is 13.9. The second-order valence-electron chi connectivity index (χ2n) is 12.3. The van der Waals surface area contributed by atoms with Crippen molar-refractivity contribution in [1.82, 2.24) is 5.32 Å². The van der Waals surface area contributed by atoms with Crippen molar-refractivity contribution < 1.29 is 32.6 Å². The molecule has 3 aromatic rings. The average molecular weight is 673 g/mol. The number of rotatable bonds is 8. The van der Waals surface area contributed by atoms with Gasteiger partial charge in [-0.25, -0.2) is 4.79 Å². The fourth-order valence-electron chi connectivity index (χ4n) is 7.86. The lowest BCUT2D eigenvalue weighted by Crippen LogP contribution is -2.70. The lowest BCUT2D eigenvalue weighted by Gasteiger charge is -2.66. The van der Waals surface area contributed by atoms with E-state index in [1.165, 1.54) is 24.3 Å². The Morgan fingerprint density at radius 1 is 0.884 bits per heavy atom. The van der Waals surface area contributed by atoms with Crippen LogP contribution in [0.3, 0.4) is 0 Å². The standard InChI is InChI=1S/C31H27Cl3F3NO4S/c32-28-12-27(13-29(33,15-28)17-30(34,14-27)16-28)24(26(40)41)38-25(39)22-10-7-19-3-1-2-4-21(19)23(22)42-11-18-5-8-20(9-6-18)43-31(35,36)37/h1-10,24H,11-17H2,(H,38,39)(H,40,41). The molecule has 5 nitrogen and oxygen atoms in total. The minimum Gasteiger partial charge on any atom is -0.487 e. The molecule has 12 heteroatoms. The number of hydrogen-bond donors (Lipinski definition) is 2. The van der Waals surface area contributed by atoms with E-state index in [0.29, 0.717) is 49.5 Å². The maximum absolute atomic E-state index is 13.9. The lowest BCUT2D eigenvalue weighted by molar-refractivity contribution is -0.148. The van der Waals surface area contributed by atoms with Crippen LogP contribution < -0.4 is 10.1 Å². The number of benzene rings is 3. The van der Waals surface area contributed by atoms with Crippen LogP contribution in [0.4, 0.5) is 13.2 Å². The highest BCUT2D eigenvalue weighted by Crippen LogP contribution is 2.71. The van der Waals surface area contributed by atoms with Crippen molar-refractivity contribution in [3.8, 4) is 5.75 Å². The van der Waals surface area contributed by atoms with Gasteiger partial charge >= 0.3 is 11.5 Å². The molecule has 0 heterocycles. The third-order valence-electron chi connectivity index (χ3n) is 8.71. The number of carboxylic acids is 1. The van der Waals surface area contributed by atoms with E-state index < -0.39 is 43.5 Å². The molecule has 3 aromatic carbocycles. The van der Waals surface area contributed by atoms with Crippen LogP contribution in [0.15, 0.2) is 65.6 Å². The molecule has 2 N–H and O–H groups in total. The average Bonchev–Trinajstić information content (AvgIpc) is 2.87. The molecule has 1 unspecified atom stereocenters. The minimum atomic E-state index is -4.40. The molecule has 7 rings (SSSR count). The van der Waals surface area contributed by atoms with Crippen molar-refractivity contribution in [2.75, 3.05) is 0 Å². The quantitative estimate of drug-likeness (QED) is 0.185. The van der Waals surface area contributed by atoms with Crippen molar-refractivity contribution in [3.63, 3.8) is 0 Å². The largest absolute Gasteiger partial charge is 0.487 e. The summed E-state index contributed by atoms with van der Waals surface area (Å²) in [6, 6.07) is 15.0. The molecule has 4 fully saturated rings. The highest BCUT2D eigenvalue weighted by Gasteiger charge is 2.70. The summed E-state index contributed by atoms with van der Waals surface area (Å²) in [5.41, 5.74) is -4.61. The van der Waals surface area contributed by atoms with Gasteiger partial charge in [0.25, 0.3) is 5.91 Å². The fourth-order valence-corrected chi connectivity index (χ4v) is 10.9. The van der Waals surface area contributed by atoms with Gasteiger partial charge in [-0.1, -0.05) is 42.5 Å². The highest BCUT2D eigenvalue weighted by atomic mass is 35.5. The lowest BCUT2D eigenvalue weighted by atomic mass is 9.46. The van der Waals surface area contributed by atoms with Crippen molar-refractivity contribution in [3.05, 3.63) is 71.8 Å². The first-order valence-electron chi connectivity index (χ1n) is 13.7. The Morgan fingerprint density at radius 2 is 1.47 bits per heavy atom. The summed E-state index contributed by atoms with van der Waals surface area (Å²) >= 11 is 20.7. The van der Waals surface area contributed by atoms with Gasteiger partial charge in [-0.3, -0.25) is 4.79 Å². The number of aliphatic carboxylic acids is 1. The van der Waals surface area contributed by atoms with Crippen LogP contribution in [-0.4, -0.2) is 43.2 Å². The number of hydrogen-bond acceptors (Lipinski definition) is 4. The Hall–Kier alpha value is -2.33. The number of carbonyl (C=O) groups is 2. The molecule has 4 saturated carbocycles. The van der Waals surface area contributed by atoms with E-state index in [1.807, 2.05) is 12.1 Å². The Bertz CT molecular complexity index is 1550. The van der Waals surface area contributed by atoms with Crippen LogP contribution in [0.5, 0.6) is 5.75 Å². The normalized spacial score (nSPS) is 30.3. The van der Waals surface area contributed by atoms with Gasteiger partial charge in [-0.05, 0) is 79.4 Å². The Balaban J connectivity index is 1.29. The zero-order valence-electron chi connectivity index (χ0n) is 22.6. The number of ether oxygens (including phenoxy) is 1. The molecule has 4 bridgehead atoms. The van der Waals surface area contributed by atoms with E-state index in [0.717, 1.165) is 5.39 Å². The van der Waals surface area contributed by atoms with Crippen molar-refractivity contribution in [1.29, 1.82) is 0 Å². The number of amides is 1. The number of halogens is 6. The number of nitrogens with one attached hydrogen (secondary N) is 1. The van der Waals surface area contributed by atoms with Gasteiger partial charge in [0, 0.05) is 30.3 Å². The number of alkyl halides is 6. The summed E-state index contributed by atoms with van der Waals surface area (Å²) in [5, 5.41) is 14.6. The number of thioether (sulfide) groups is 1. The smallest absolute Gasteiger partial charge is 0.446 e. The minimum absolute atomic E-state index is 0.0319. The summed E-state index contributed by atoms with van der Waals surface area (Å²) in [7, 11) is 0. The molecule has 1 atom stereocenters. The molecule has 4 aliphatic rings. The van der Waals surface area contributed by atoms with Crippen molar-refractivity contribution in [2.45, 2.75) is 76.2 Å². The number of carboxylic acid groups (broad SMARTS) is 1. The summed E-state index contributed by atoms with van der Waals surface area (Å²) in [5.74, 6) is -1.61. The molecule has 0 spiro atoms. The van der Waals surface area contributed by atoms with Gasteiger partial charge < -0.3 is 15.2 Å². The third kappa shape index (κ3) is 6.15. The molecule has 0 saturated heterocycles. The Labute approximate surface area is 265 Å². The van der Waals surface area contributed by atoms with Gasteiger partial charge in [0.1, 0.15) is 18.4 Å². The summed E-state index contributed by atoms with van der Waals surface area (Å²) in [6.07, 6.45) is 2.68. The Kier molecular flexibility index (Phi) is 7.59. The summed E-state index contributed by atoms with van der Waals surface area (Å²) < 4.78 is 44.3. The van der Waals surface area contributed by atoms with Gasteiger partial charge in [-0.15, -0.1) is 34.8 Å². The van der Waals surface area contributed by atoms with E-state index in [4.69, 9.17) is 39.5 Å². The first kappa shape index (κ1) is 30.7. The van der Waals surface area contributed by atoms with Crippen molar-refractivity contribution >= 4 is 69.2 Å². The van der Waals surface area contributed by atoms with E-state index in [-0.39, 0.29) is 34.6 Å². The molecular formula is C31H27Cl3F3NO4S. The maximum Gasteiger partial charge on any atom is 0.446 e. The first-order valence-corrected chi connectivity index (χ1v) is 15.6. The predicted molar refractivity (Wildman–Crippen MR) is 161 cm³/mol. The van der Waals surface area contributed by atoms with Gasteiger partial charge in [0.2, 0.25) is 0 Å². The van der Waals surface area contributed by atoms with Crippen LogP contribution >= 0.6 is 46.6 Å². The van der Waals surface area contributed by atoms with Crippen molar-refractivity contribution in [2.24, 2.45) is 5.41 Å². The fraction of sp³-hybridized carbons (Fsp3) is 0.419. The molecule has 228 valence electrons. The van der Waals surface area contributed by atoms with Gasteiger partial charge in [0.05, 0.1) is 5.56 Å². The monoisotopic (exact) mass is 671 g/mol. The van der Waals surface area contributed by atoms with E-state index in [9.17, 15) is 27.9 Å². The topological polar surface area (TPSA) is 75.6 Å². The molecule has 0 aliphatic heterocycles. The second-order valence-corrected chi connectivity index (χ2v) is 15.8. The van der Waals surface area contributed by atoms with E-state index in [1.54, 1.807) is 24.3 Å². The number of fused-ring (bicyclic) bond motifs is 1. The molecular weight excluding hydrogens is 646 g/mol. The van der Waals surface area contributed by atoms with E-state index in [2.05, 4.69) is 5.32 Å². The Morgan fingerprint density at radius 3 is 2.02 bits per heavy atom. The van der Waals surface area contributed by atoms with Gasteiger partial charge in [0.15, 0.2) is 0 Å². The van der Waals surface area contributed by atoms with Crippen LogP contribution in [0, 0.1) is 5.41 Å². The van der Waals surface area contributed by atoms with Crippen LogP contribution in [-0.2, 0) is 11.4 Å². The zero-order chi connectivity index (χ0) is 30.8.